The highest BCUT2D eigenvalue weighted by atomic mass is 32.1. The molecule has 0 bridgehead atoms. The molecule has 0 radical (unpaired) electrons. The zero-order valence-electron chi connectivity index (χ0n) is 10.5. The Labute approximate surface area is 106 Å². The van der Waals surface area contributed by atoms with Crippen LogP contribution >= 0.6 is 11.3 Å². The Morgan fingerprint density at radius 2 is 2.29 bits per heavy atom. The van der Waals surface area contributed by atoms with Gasteiger partial charge in [-0.25, -0.2) is 4.98 Å². The number of allylic oxidation sites excluding steroid dienone is 2. The van der Waals surface area contributed by atoms with E-state index in [0.29, 0.717) is 11.4 Å². The third kappa shape index (κ3) is 4.15. The van der Waals surface area contributed by atoms with Crippen LogP contribution in [0.2, 0.25) is 0 Å². The molecule has 1 amide bonds. The molecule has 0 aliphatic rings. The lowest BCUT2D eigenvalue weighted by Crippen LogP contribution is -2.22. The minimum absolute atomic E-state index is 0.00800. The summed E-state index contributed by atoms with van der Waals surface area (Å²) in [6, 6.07) is 0. The molecule has 0 unspecified atom stereocenters. The molecule has 0 saturated heterocycles. The summed E-state index contributed by atoms with van der Waals surface area (Å²) in [7, 11) is 0. The molecular formula is C13H18N2OS. The number of hydrogen-bond donors (Lipinski definition) is 1. The standard InChI is InChI=1S/C13H18N2OS/c1-5-6-7-8-14-11(16)10-9-15-12(17-10)13(2,3)4/h5-7,9H,1,8H2,2-4H3,(H,14,16)/b7-6+. The summed E-state index contributed by atoms with van der Waals surface area (Å²) in [6.45, 7) is 10.3. The number of nitrogens with one attached hydrogen (secondary N) is 1. The number of aromatic nitrogens is 1. The lowest BCUT2D eigenvalue weighted by atomic mass is 9.98. The van der Waals surface area contributed by atoms with Gasteiger partial charge in [0.05, 0.1) is 11.2 Å². The van der Waals surface area contributed by atoms with E-state index in [1.807, 2.05) is 6.08 Å². The number of carbonyl (C=O) groups excluding carboxylic acids is 1. The van der Waals surface area contributed by atoms with Crippen LogP contribution in [0.1, 0.15) is 35.5 Å². The monoisotopic (exact) mass is 250 g/mol. The van der Waals surface area contributed by atoms with Crippen LogP contribution in [-0.4, -0.2) is 17.4 Å². The van der Waals surface area contributed by atoms with E-state index < -0.39 is 0 Å². The van der Waals surface area contributed by atoms with E-state index in [4.69, 9.17) is 0 Å². The molecule has 3 nitrogen and oxygen atoms in total. The van der Waals surface area contributed by atoms with E-state index in [1.54, 1.807) is 18.3 Å². The van der Waals surface area contributed by atoms with Crippen molar-refractivity contribution in [2.24, 2.45) is 0 Å². The summed E-state index contributed by atoms with van der Waals surface area (Å²) < 4.78 is 0. The van der Waals surface area contributed by atoms with E-state index in [0.717, 1.165) is 5.01 Å². The first kappa shape index (κ1) is 13.6. The third-order valence-corrected chi connectivity index (χ3v) is 3.45. The quantitative estimate of drug-likeness (QED) is 0.835. The van der Waals surface area contributed by atoms with Crippen LogP contribution in [0.5, 0.6) is 0 Å². The molecule has 0 aliphatic carbocycles. The topological polar surface area (TPSA) is 42.0 Å². The first-order valence-corrected chi connectivity index (χ1v) is 6.29. The van der Waals surface area contributed by atoms with Gasteiger partial charge >= 0.3 is 0 Å². The van der Waals surface area contributed by atoms with Gasteiger partial charge in [-0.2, -0.15) is 0 Å². The highest BCUT2D eigenvalue weighted by molar-refractivity contribution is 7.13. The van der Waals surface area contributed by atoms with Crippen molar-refractivity contribution in [1.82, 2.24) is 10.3 Å². The number of hydrogen-bond acceptors (Lipinski definition) is 3. The molecule has 17 heavy (non-hydrogen) atoms. The van der Waals surface area contributed by atoms with E-state index >= 15 is 0 Å². The molecule has 0 spiro atoms. The Morgan fingerprint density at radius 1 is 1.59 bits per heavy atom. The van der Waals surface area contributed by atoms with Gasteiger partial charge in [-0.3, -0.25) is 4.79 Å². The van der Waals surface area contributed by atoms with Gasteiger partial charge in [0.25, 0.3) is 5.91 Å². The van der Waals surface area contributed by atoms with E-state index in [-0.39, 0.29) is 11.3 Å². The number of rotatable bonds is 4. The Kier molecular flexibility index (Phi) is 4.63. The summed E-state index contributed by atoms with van der Waals surface area (Å²) in [4.78, 5) is 16.7. The van der Waals surface area contributed by atoms with Gasteiger partial charge in [0.15, 0.2) is 0 Å². The maximum absolute atomic E-state index is 11.7. The average Bonchev–Trinajstić information content (AvgIpc) is 2.72. The van der Waals surface area contributed by atoms with Crippen molar-refractivity contribution in [2.75, 3.05) is 6.54 Å². The predicted octanol–water partition coefficient (Wildman–Crippen LogP) is 2.91. The number of carbonyl (C=O) groups is 1. The second kappa shape index (κ2) is 5.77. The largest absolute Gasteiger partial charge is 0.348 e. The number of thiazole rings is 1. The fourth-order valence-electron chi connectivity index (χ4n) is 1.13. The highest BCUT2D eigenvalue weighted by Crippen LogP contribution is 2.26. The molecule has 1 aromatic rings. The van der Waals surface area contributed by atoms with Crippen LogP contribution < -0.4 is 5.32 Å². The Bertz CT molecular complexity index is 427. The van der Waals surface area contributed by atoms with Crippen LogP contribution in [0.4, 0.5) is 0 Å². The van der Waals surface area contributed by atoms with Crippen molar-refractivity contribution in [3.8, 4) is 0 Å². The summed E-state index contributed by atoms with van der Waals surface area (Å²) >= 11 is 1.44. The van der Waals surface area contributed by atoms with Crippen LogP contribution in [0.3, 0.4) is 0 Å². The molecular weight excluding hydrogens is 232 g/mol. The third-order valence-electron chi connectivity index (χ3n) is 2.02. The second-order valence-corrected chi connectivity index (χ2v) is 5.68. The van der Waals surface area contributed by atoms with Crippen molar-refractivity contribution in [3.63, 3.8) is 0 Å². The second-order valence-electron chi connectivity index (χ2n) is 4.65. The number of nitrogens with zero attached hydrogens (tertiary/aromatic N) is 1. The van der Waals surface area contributed by atoms with E-state index in [9.17, 15) is 4.79 Å². The fraction of sp³-hybridized carbons (Fsp3) is 0.385. The van der Waals surface area contributed by atoms with Gasteiger partial charge < -0.3 is 5.32 Å². The van der Waals surface area contributed by atoms with Gasteiger partial charge in [-0.1, -0.05) is 45.6 Å². The Morgan fingerprint density at radius 3 is 2.82 bits per heavy atom. The fourth-order valence-corrected chi connectivity index (χ4v) is 2.02. The minimum Gasteiger partial charge on any atom is -0.348 e. The molecule has 92 valence electrons. The maximum atomic E-state index is 11.7. The van der Waals surface area contributed by atoms with Gasteiger partial charge in [0.1, 0.15) is 4.88 Å². The predicted molar refractivity (Wildman–Crippen MR) is 72.5 cm³/mol. The molecule has 1 N–H and O–H groups in total. The van der Waals surface area contributed by atoms with Crippen LogP contribution in [-0.2, 0) is 5.41 Å². The van der Waals surface area contributed by atoms with Crippen molar-refractivity contribution in [1.29, 1.82) is 0 Å². The zero-order valence-corrected chi connectivity index (χ0v) is 11.3. The van der Waals surface area contributed by atoms with Crippen molar-refractivity contribution >= 4 is 17.2 Å². The summed E-state index contributed by atoms with van der Waals surface area (Å²) in [5, 5.41) is 3.77. The van der Waals surface area contributed by atoms with Crippen molar-refractivity contribution in [3.05, 3.63) is 40.9 Å². The molecule has 0 fully saturated rings. The van der Waals surface area contributed by atoms with Crippen LogP contribution in [0, 0.1) is 0 Å². The molecule has 1 aromatic heterocycles. The summed E-state index contributed by atoms with van der Waals surface area (Å²) in [5.41, 5.74) is -0.00800. The zero-order chi connectivity index (χ0) is 12.9. The van der Waals surface area contributed by atoms with Gasteiger partial charge in [0.2, 0.25) is 0 Å². The van der Waals surface area contributed by atoms with Crippen LogP contribution in [0.15, 0.2) is 31.0 Å². The van der Waals surface area contributed by atoms with Crippen molar-refractivity contribution in [2.45, 2.75) is 26.2 Å². The molecule has 0 atom stereocenters. The molecule has 1 heterocycles. The lowest BCUT2D eigenvalue weighted by molar-refractivity contribution is 0.0962. The summed E-state index contributed by atoms with van der Waals surface area (Å²) in [5.74, 6) is -0.0771. The van der Waals surface area contributed by atoms with Crippen LogP contribution in [0.25, 0.3) is 0 Å². The average molecular weight is 250 g/mol. The first-order chi connectivity index (χ1) is 7.95. The van der Waals surface area contributed by atoms with Gasteiger partial charge in [-0.05, 0) is 0 Å². The minimum atomic E-state index is -0.0771. The Hall–Kier alpha value is -1.42. The van der Waals surface area contributed by atoms with Gasteiger partial charge in [0, 0.05) is 12.0 Å². The normalized spacial score (nSPS) is 11.7. The molecule has 0 aliphatic heterocycles. The van der Waals surface area contributed by atoms with E-state index in [2.05, 4.69) is 37.7 Å². The lowest BCUT2D eigenvalue weighted by Gasteiger charge is -2.13. The molecule has 1 rings (SSSR count). The Balaban J connectivity index is 2.61. The molecule has 0 saturated carbocycles. The molecule has 0 aromatic carbocycles. The SMILES string of the molecule is C=C/C=C/CNC(=O)c1cnc(C(C)(C)C)s1. The van der Waals surface area contributed by atoms with Gasteiger partial charge in [-0.15, -0.1) is 11.3 Å². The number of amides is 1. The molecule has 4 heteroatoms. The maximum Gasteiger partial charge on any atom is 0.263 e. The highest BCUT2D eigenvalue weighted by Gasteiger charge is 2.19. The summed E-state index contributed by atoms with van der Waals surface area (Å²) in [6.07, 6.45) is 6.96. The van der Waals surface area contributed by atoms with E-state index in [1.165, 1.54) is 11.3 Å². The first-order valence-electron chi connectivity index (χ1n) is 5.47. The van der Waals surface area contributed by atoms with Crippen molar-refractivity contribution < 1.29 is 4.79 Å². The smallest absolute Gasteiger partial charge is 0.263 e.